The lowest BCUT2D eigenvalue weighted by Gasteiger charge is -2.26. The zero-order valence-electron chi connectivity index (χ0n) is 15.2. The molecule has 0 N–H and O–H groups in total. The van der Waals surface area contributed by atoms with Gasteiger partial charge in [-0.05, 0) is 47.5 Å². The molecule has 1 atom stereocenters. The summed E-state index contributed by atoms with van der Waals surface area (Å²) in [5, 5.41) is 3.80. The Morgan fingerprint density at radius 1 is 1.46 bits per heavy atom. The molecule has 0 aliphatic carbocycles. The minimum absolute atomic E-state index is 0.0553. The molecule has 7 nitrogen and oxygen atoms in total. The van der Waals surface area contributed by atoms with Crippen LogP contribution in [0, 0.1) is 19.3 Å². The number of aromatic nitrogens is 1. The van der Waals surface area contributed by atoms with Crippen molar-refractivity contribution in [2.45, 2.75) is 26.0 Å². The number of aryl methyl sites for hydroxylation is 1. The predicted molar refractivity (Wildman–Crippen MR) is 107 cm³/mol. The van der Waals surface area contributed by atoms with Crippen molar-refractivity contribution in [3.8, 4) is 18.1 Å². The van der Waals surface area contributed by atoms with Gasteiger partial charge < -0.3 is 14.2 Å². The van der Waals surface area contributed by atoms with Crippen LogP contribution in [0.1, 0.15) is 28.2 Å². The second kappa shape index (κ2) is 8.37. The molecule has 0 spiro atoms. The normalized spacial score (nSPS) is 17.8. The lowest BCUT2D eigenvalue weighted by atomic mass is 10.1. The third kappa shape index (κ3) is 4.75. The van der Waals surface area contributed by atoms with E-state index < -0.39 is 15.9 Å². The summed E-state index contributed by atoms with van der Waals surface area (Å²) in [4.78, 5) is 14.4. The van der Waals surface area contributed by atoms with Gasteiger partial charge in [-0.1, -0.05) is 11.1 Å². The minimum Gasteiger partial charge on any atom is -0.484 e. The fourth-order valence-electron chi connectivity index (χ4n) is 3.04. The molecule has 1 fully saturated rings. The van der Waals surface area contributed by atoms with Crippen LogP contribution >= 0.6 is 15.9 Å². The first-order chi connectivity index (χ1) is 13.3. The van der Waals surface area contributed by atoms with Gasteiger partial charge in [0.1, 0.15) is 12.4 Å². The van der Waals surface area contributed by atoms with E-state index in [1.165, 1.54) is 4.90 Å². The summed E-state index contributed by atoms with van der Waals surface area (Å²) in [6.45, 7) is 2.08. The van der Waals surface area contributed by atoms with Gasteiger partial charge >= 0.3 is 0 Å². The van der Waals surface area contributed by atoms with Crippen LogP contribution in [0.4, 0.5) is 0 Å². The van der Waals surface area contributed by atoms with Crippen molar-refractivity contribution < 1.29 is 22.5 Å². The highest BCUT2D eigenvalue weighted by atomic mass is 79.9. The van der Waals surface area contributed by atoms with Crippen LogP contribution in [0.2, 0.25) is 0 Å². The second-order valence-electron chi connectivity index (χ2n) is 6.56. The zero-order valence-corrected chi connectivity index (χ0v) is 17.6. The van der Waals surface area contributed by atoms with Crippen LogP contribution in [0.25, 0.3) is 0 Å². The first kappa shape index (κ1) is 20.4. The third-order valence-corrected chi connectivity index (χ3v) is 6.77. The minimum atomic E-state index is -3.13. The Bertz CT molecular complexity index is 1030. The Kier molecular flexibility index (Phi) is 6.10. The lowest BCUT2D eigenvalue weighted by Crippen LogP contribution is -2.41. The third-order valence-electron chi connectivity index (χ3n) is 4.40. The zero-order chi connectivity index (χ0) is 20.3. The van der Waals surface area contributed by atoms with E-state index in [1.807, 2.05) is 6.92 Å². The van der Waals surface area contributed by atoms with Gasteiger partial charge in [-0.3, -0.25) is 4.79 Å². The Hall–Kier alpha value is -2.31. The van der Waals surface area contributed by atoms with E-state index in [9.17, 15) is 13.2 Å². The number of amides is 1. The number of rotatable bonds is 6. The maximum atomic E-state index is 12.9. The first-order valence-electron chi connectivity index (χ1n) is 8.58. The molecule has 3 rings (SSSR count). The van der Waals surface area contributed by atoms with Crippen molar-refractivity contribution in [1.29, 1.82) is 0 Å². The number of ether oxygens (including phenoxy) is 1. The van der Waals surface area contributed by atoms with Gasteiger partial charge in [0.25, 0.3) is 5.91 Å². The van der Waals surface area contributed by atoms with Crippen molar-refractivity contribution in [1.82, 2.24) is 10.1 Å². The summed E-state index contributed by atoms with van der Waals surface area (Å²) in [7, 11) is -3.13. The van der Waals surface area contributed by atoms with Crippen LogP contribution < -0.4 is 4.74 Å². The number of nitrogens with zero attached hydrogens (tertiary/aromatic N) is 2. The molecule has 2 heterocycles. The second-order valence-corrected chi connectivity index (χ2v) is 9.65. The summed E-state index contributed by atoms with van der Waals surface area (Å²) in [5.74, 6) is 3.29. The Morgan fingerprint density at radius 2 is 2.25 bits per heavy atom. The number of carbonyl (C=O) groups excluding carboxylic acids is 1. The molecule has 1 saturated heterocycles. The van der Waals surface area contributed by atoms with Crippen molar-refractivity contribution in [2.75, 3.05) is 18.1 Å². The van der Waals surface area contributed by atoms with Gasteiger partial charge in [-0.2, -0.15) is 0 Å². The maximum Gasteiger partial charge on any atom is 0.254 e. The monoisotopic (exact) mass is 466 g/mol. The number of sulfone groups is 1. The molecule has 1 aliphatic heterocycles. The number of hydrogen-bond donors (Lipinski definition) is 0. The van der Waals surface area contributed by atoms with Crippen LogP contribution in [0.3, 0.4) is 0 Å². The summed E-state index contributed by atoms with van der Waals surface area (Å²) in [5.41, 5.74) is 1.16. The molecule has 1 amide bonds. The van der Waals surface area contributed by atoms with E-state index in [4.69, 9.17) is 15.7 Å². The van der Waals surface area contributed by atoms with E-state index in [0.29, 0.717) is 28.0 Å². The van der Waals surface area contributed by atoms with Gasteiger partial charge in [0.2, 0.25) is 0 Å². The average molecular weight is 467 g/mol. The Labute approximate surface area is 172 Å². The average Bonchev–Trinajstić information content (AvgIpc) is 3.22. The summed E-state index contributed by atoms with van der Waals surface area (Å²) in [6, 6.07) is 6.30. The molecule has 1 unspecified atom stereocenters. The van der Waals surface area contributed by atoms with Gasteiger partial charge in [-0.25, -0.2) is 8.42 Å². The van der Waals surface area contributed by atoms with E-state index in [0.717, 1.165) is 5.69 Å². The van der Waals surface area contributed by atoms with E-state index in [-0.39, 0.29) is 30.6 Å². The highest BCUT2D eigenvalue weighted by Crippen LogP contribution is 2.28. The van der Waals surface area contributed by atoms with Gasteiger partial charge in [-0.15, -0.1) is 6.42 Å². The molecular weight excluding hydrogens is 448 g/mol. The summed E-state index contributed by atoms with van der Waals surface area (Å²) >= 11 is 3.41. The number of benzene rings is 1. The standard InChI is InChI=1S/C19H19BrN2O5S/c1-3-7-22(15-6-8-28(24,25)12-15)19(23)14-4-5-18(17(20)10-14)26-11-16-9-13(2)21-27-16/h1,4-5,9-10,15H,6-8,11-12H2,2H3. The van der Waals surface area contributed by atoms with E-state index >= 15 is 0 Å². The van der Waals surface area contributed by atoms with Gasteiger partial charge in [0.15, 0.2) is 15.6 Å². The van der Waals surface area contributed by atoms with E-state index in [2.05, 4.69) is 27.0 Å². The first-order valence-corrected chi connectivity index (χ1v) is 11.2. The molecule has 0 radical (unpaired) electrons. The van der Waals surface area contributed by atoms with Crippen LogP contribution in [0.5, 0.6) is 5.75 Å². The highest BCUT2D eigenvalue weighted by Gasteiger charge is 2.34. The number of terminal acetylenes is 1. The highest BCUT2D eigenvalue weighted by molar-refractivity contribution is 9.10. The molecule has 9 heteroatoms. The molecule has 1 aliphatic rings. The topological polar surface area (TPSA) is 89.7 Å². The summed E-state index contributed by atoms with van der Waals surface area (Å²) in [6.07, 6.45) is 5.79. The number of hydrogen-bond acceptors (Lipinski definition) is 6. The van der Waals surface area contributed by atoms with Gasteiger partial charge in [0.05, 0.1) is 28.2 Å². The molecule has 1 aromatic heterocycles. The Morgan fingerprint density at radius 3 is 2.82 bits per heavy atom. The van der Waals surface area contributed by atoms with Crippen molar-refractivity contribution >= 4 is 31.7 Å². The van der Waals surface area contributed by atoms with Crippen LogP contribution in [-0.4, -0.2) is 48.5 Å². The largest absolute Gasteiger partial charge is 0.484 e. The SMILES string of the molecule is C#CCN(C(=O)c1ccc(OCc2cc(C)no2)c(Br)c1)C1CCS(=O)(=O)C1. The van der Waals surface area contributed by atoms with E-state index in [1.54, 1.807) is 24.3 Å². The van der Waals surface area contributed by atoms with Gasteiger partial charge in [0, 0.05) is 17.7 Å². The number of carbonyl (C=O) groups is 1. The molecule has 1 aromatic carbocycles. The fraction of sp³-hybridized carbons (Fsp3) is 0.368. The van der Waals surface area contributed by atoms with Crippen molar-refractivity contribution in [3.05, 3.63) is 45.8 Å². The smallest absolute Gasteiger partial charge is 0.254 e. The Balaban J connectivity index is 1.73. The molecule has 28 heavy (non-hydrogen) atoms. The lowest BCUT2D eigenvalue weighted by molar-refractivity contribution is 0.0724. The molecule has 0 saturated carbocycles. The molecule has 2 aromatic rings. The molecular formula is C19H19BrN2O5S. The fourth-order valence-corrected chi connectivity index (χ4v) is 5.26. The quantitative estimate of drug-likeness (QED) is 0.607. The maximum absolute atomic E-state index is 12.9. The molecule has 0 bridgehead atoms. The predicted octanol–water partition coefficient (Wildman–Crippen LogP) is 2.59. The van der Waals surface area contributed by atoms with Crippen molar-refractivity contribution in [3.63, 3.8) is 0 Å². The van der Waals surface area contributed by atoms with Crippen LogP contribution in [-0.2, 0) is 16.4 Å². The number of halogens is 1. The van der Waals surface area contributed by atoms with Crippen molar-refractivity contribution in [2.24, 2.45) is 0 Å². The summed E-state index contributed by atoms with van der Waals surface area (Å²) < 4.78 is 34.9. The molecule has 148 valence electrons. The van der Waals surface area contributed by atoms with Crippen LogP contribution in [0.15, 0.2) is 33.3 Å².